The Hall–Kier alpha value is -3.53. The smallest absolute Gasteiger partial charge is 0.271 e. The second-order valence-corrected chi connectivity index (χ2v) is 9.42. The molecule has 1 N–H and O–H groups in total. The van der Waals surface area contributed by atoms with Crippen LogP contribution in [0.1, 0.15) is 21.5 Å². The Kier molecular flexibility index (Phi) is 7.36. The number of sulfonamides is 1. The molecule has 4 rings (SSSR count). The van der Waals surface area contributed by atoms with E-state index in [0.29, 0.717) is 18.9 Å². The second-order valence-electron chi connectivity index (χ2n) is 7.52. The van der Waals surface area contributed by atoms with Crippen LogP contribution in [-0.4, -0.2) is 57.8 Å². The number of carbonyl (C=O) groups excluding carboxylic acids is 1. The van der Waals surface area contributed by atoms with Crippen LogP contribution in [0.25, 0.3) is 0 Å². The van der Waals surface area contributed by atoms with E-state index in [4.69, 9.17) is 9.47 Å². The summed E-state index contributed by atoms with van der Waals surface area (Å²) in [6.45, 7) is 1.11. The van der Waals surface area contributed by atoms with Crippen LogP contribution in [0.5, 0.6) is 5.75 Å². The summed E-state index contributed by atoms with van der Waals surface area (Å²) in [5.41, 5.74) is 4.97. The average molecular weight is 480 g/mol. The molecular formula is C25H25N3O5S. The number of carbonyl (C=O) groups is 1. The van der Waals surface area contributed by atoms with Gasteiger partial charge in [0, 0.05) is 29.8 Å². The van der Waals surface area contributed by atoms with Gasteiger partial charge in [0.05, 0.1) is 26.0 Å². The Balaban J connectivity index is 1.65. The minimum absolute atomic E-state index is 0.0696. The number of hydrogen-bond donors (Lipinski definition) is 1. The molecule has 0 radical (unpaired) electrons. The lowest BCUT2D eigenvalue weighted by Crippen LogP contribution is -2.40. The summed E-state index contributed by atoms with van der Waals surface area (Å²) in [5.74, 6) is -0.369. The van der Waals surface area contributed by atoms with Crippen LogP contribution < -0.4 is 10.2 Å². The van der Waals surface area contributed by atoms with E-state index in [-0.39, 0.29) is 29.3 Å². The summed E-state index contributed by atoms with van der Waals surface area (Å²) < 4.78 is 38.3. The van der Waals surface area contributed by atoms with Gasteiger partial charge < -0.3 is 9.47 Å². The van der Waals surface area contributed by atoms with Crippen molar-refractivity contribution in [2.45, 2.75) is 4.90 Å². The fraction of sp³-hybridized carbons (Fsp3) is 0.200. The summed E-state index contributed by atoms with van der Waals surface area (Å²) in [5, 5.41) is 4.37. The third kappa shape index (κ3) is 5.17. The molecule has 3 aromatic carbocycles. The Morgan fingerprint density at radius 1 is 0.912 bits per heavy atom. The standard InChI is InChI=1S/C25H25N3O5S/c1-32-22-13-12-21(18-23(22)34(30,31)28-14-16-33-17-15-28)25(29)27-26-24(19-8-4-2-5-9-19)20-10-6-3-7-11-20/h2-13,18H,14-17H2,1H3,(H,27,29). The molecule has 0 aliphatic carbocycles. The number of rotatable bonds is 7. The molecule has 1 heterocycles. The molecule has 1 aliphatic rings. The zero-order chi connectivity index (χ0) is 24.0. The quantitative estimate of drug-likeness (QED) is 0.415. The van der Waals surface area contributed by atoms with Gasteiger partial charge in [-0.05, 0) is 18.2 Å². The van der Waals surface area contributed by atoms with Gasteiger partial charge in [-0.25, -0.2) is 13.8 Å². The second kappa shape index (κ2) is 10.6. The molecule has 9 heteroatoms. The van der Waals surface area contributed by atoms with Crippen molar-refractivity contribution in [3.63, 3.8) is 0 Å². The SMILES string of the molecule is COc1ccc(C(=O)NN=C(c2ccccc2)c2ccccc2)cc1S(=O)(=O)N1CCOCC1. The van der Waals surface area contributed by atoms with Gasteiger partial charge in [0.1, 0.15) is 10.6 Å². The molecule has 8 nitrogen and oxygen atoms in total. The van der Waals surface area contributed by atoms with E-state index >= 15 is 0 Å². The zero-order valence-electron chi connectivity index (χ0n) is 18.7. The number of hydrogen-bond acceptors (Lipinski definition) is 6. The molecule has 0 saturated carbocycles. The molecule has 1 amide bonds. The molecule has 34 heavy (non-hydrogen) atoms. The number of nitrogens with one attached hydrogen (secondary N) is 1. The van der Waals surface area contributed by atoms with E-state index in [0.717, 1.165) is 11.1 Å². The van der Waals surface area contributed by atoms with Crippen LogP contribution in [0.4, 0.5) is 0 Å². The molecule has 0 atom stereocenters. The van der Waals surface area contributed by atoms with Crippen molar-refractivity contribution in [3.05, 3.63) is 95.6 Å². The summed E-state index contributed by atoms with van der Waals surface area (Å²) in [4.78, 5) is 12.9. The van der Waals surface area contributed by atoms with Gasteiger partial charge in [0.25, 0.3) is 5.91 Å². The molecular weight excluding hydrogens is 454 g/mol. The molecule has 1 saturated heterocycles. The highest BCUT2D eigenvalue weighted by Crippen LogP contribution is 2.28. The van der Waals surface area contributed by atoms with Gasteiger partial charge in [-0.3, -0.25) is 4.79 Å². The van der Waals surface area contributed by atoms with Crippen molar-refractivity contribution in [1.82, 2.24) is 9.73 Å². The summed E-state index contributed by atoms with van der Waals surface area (Å²) >= 11 is 0. The minimum atomic E-state index is -3.87. The summed E-state index contributed by atoms with van der Waals surface area (Å²) in [7, 11) is -2.47. The Labute approximate surface area is 198 Å². The number of nitrogens with zero attached hydrogens (tertiary/aromatic N) is 2. The third-order valence-corrected chi connectivity index (χ3v) is 7.30. The predicted octanol–water partition coefficient (Wildman–Crippen LogP) is 2.90. The predicted molar refractivity (Wildman–Crippen MR) is 129 cm³/mol. The van der Waals surface area contributed by atoms with Crippen molar-refractivity contribution in [3.8, 4) is 5.75 Å². The number of methoxy groups -OCH3 is 1. The zero-order valence-corrected chi connectivity index (χ0v) is 19.5. The molecule has 1 fully saturated rings. The van der Waals surface area contributed by atoms with Crippen LogP contribution in [0.3, 0.4) is 0 Å². The van der Waals surface area contributed by atoms with E-state index in [2.05, 4.69) is 10.5 Å². The Morgan fingerprint density at radius 2 is 1.50 bits per heavy atom. The van der Waals surface area contributed by atoms with Gasteiger partial charge in [-0.2, -0.15) is 9.41 Å². The highest BCUT2D eigenvalue weighted by Gasteiger charge is 2.30. The molecule has 0 spiro atoms. The van der Waals surface area contributed by atoms with Gasteiger partial charge in [0.2, 0.25) is 10.0 Å². The Bertz CT molecular complexity index is 1230. The number of amides is 1. The topological polar surface area (TPSA) is 97.3 Å². The van der Waals surface area contributed by atoms with E-state index in [1.54, 1.807) is 0 Å². The first kappa shape index (κ1) is 23.6. The highest BCUT2D eigenvalue weighted by atomic mass is 32.2. The number of morpholine rings is 1. The molecule has 3 aromatic rings. The molecule has 0 unspecified atom stereocenters. The maximum Gasteiger partial charge on any atom is 0.271 e. The van der Waals surface area contributed by atoms with Crippen LogP contribution >= 0.6 is 0 Å². The average Bonchev–Trinajstić information content (AvgIpc) is 2.90. The molecule has 0 aromatic heterocycles. The number of hydrazone groups is 1. The van der Waals surface area contributed by atoms with Crippen LogP contribution in [0, 0.1) is 0 Å². The number of ether oxygens (including phenoxy) is 2. The van der Waals surface area contributed by atoms with Crippen LogP contribution in [-0.2, 0) is 14.8 Å². The van der Waals surface area contributed by atoms with E-state index in [9.17, 15) is 13.2 Å². The van der Waals surface area contributed by atoms with Crippen molar-refractivity contribution < 1.29 is 22.7 Å². The number of benzene rings is 3. The fourth-order valence-electron chi connectivity index (χ4n) is 3.60. The monoisotopic (exact) mass is 479 g/mol. The normalized spacial score (nSPS) is 14.3. The lowest BCUT2D eigenvalue weighted by Gasteiger charge is -2.26. The molecule has 176 valence electrons. The van der Waals surface area contributed by atoms with Gasteiger partial charge in [0.15, 0.2) is 0 Å². The van der Waals surface area contributed by atoms with Crippen molar-refractivity contribution in [2.75, 3.05) is 33.4 Å². The first-order chi connectivity index (χ1) is 16.5. The first-order valence-corrected chi connectivity index (χ1v) is 12.2. The van der Waals surface area contributed by atoms with Crippen molar-refractivity contribution >= 4 is 21.6 Å². The van der Waals surface area contributed by atoms with Crippen LogP contribution in [0.15, 0.2) is 88.9 Å². The van der Waals surface area contributed by atoms with Crippen molar-refractivity contribution in [2.24, 2.45) is 5.10 Å². The van der Waals surface area contributed by atoms with Gasteiger partial charge in [-0.1, -0.05) is 60.7 Å². The fourth-order valence-corrected chi connectivity index (χ4v) is 5.19. The van der Waals surface area contributed by atoms with Gasteiger partial charge >= 0.3 is 0 Å². The third-order valence-electron chi connectivity index (χ3n) is 5.38. The van der Waals surface area contributed by atoms with Gasteiger partial charge in [-0.15, -0.1) is 0 Å². The van der Waals surface area contributed by atoms with E-state index in [1.165, 1.54) is 29.6 Å². The molecule has 1 aliphatic heterocycles. The maximum absolute atomic E-state index is 13.2. The lowest BCUT2D eigenvalue weighted by atomic mass is 10.0. The largest absolute Gasteiger partial charge is 0.495 e. The van der Waals surface area contributed by atoms with Crippen molar-refractivity contribution in [1.29, 1.82) is 0 Å². The molecule has 0 bridgehead atoms. The first-order valence-electron chi connectivity index (χ1n) is 10.8. The van der Waals surface area contributed by atoms with Crippen LogP contribution in [0.2, 0.25) is 0 Å². The highest BCUT2D eigenvalue weighted by molar-refractivity contribution is 7.89. The Morgan fingerprint density at radius 3 is 2.06 bits per heavy atom. The van der Waals surface area contributed by atoms with E-state index in [1.807, 2.05) is 60.7 Å². The lowest BCUT2D eigenvalue weighted by molar-refractivity contribution is 0.0729. The minimum Gasteiger partial charge on any atom is -0.495 e. The summed E-state index contributed by atoms with van der Waals surface area (Å²) in [6, 6.07) is 23.3. The maximum atomic E-state index is 13.2. The van der Waals surface area contributed by atoms with E-state index < -0.39 is 15.9 Å². The summed E-state index contributed by atoms with van der Waals surface area (Å²) in [6.07, 6.45) is 0.